The first-order chi connectivity index (χ1) is 10.8. The van der Waals surface area contributed by atoms with Gasteiger partial charge in [0.05, 0.1) is 5.92 Å². The van der Waals surface area contributed by atoms with Crippen molar-refractivity contribution in [1.29, 1.82) is 0 Å². The molecule has 0 heterocycles. The van der Waals surface area contributed by atoms with Crippen LogP contribution in [0.5, 0.6) is 0 Å². The number of halogens is 1. The third kappa shape index (κ3) is 4.75. The van der Waals surface area contributed by atoms with Gasteiger partial charge in [-0.05, 0) is 51.6 Å². The van der Waals surface area contributed by atoms with Crippen LogP contribution in [0.1, 0.15) is 43.7 Å². The highest BCUT2D eigenvalue weighted by Crippen LogP contribution is 2.31. The maximum Gasteiger partial charge on any atom is 0.225 e. The summed E-state index contributed by atoms with van der Waals surface area (Å²) in [6, 6.07) is 5.00. The molecule has 1 aliphatic carbocycles. The monoisotopic (exact) mass is 321 g/mol. The molecule has 1 aromatic carbocycles. The summed E-state index contributed by atoms with van der Waals surface area (Å²) in [6.45, 7) is 2.91. The Morgan fingerprint density at radius 3 is 2.83 bits per heavy atom. The van der Waals surface area contributed by atoms with Gasteiger partial charge in [-0.25, -0.2) is 4.39 Å². The summed E-state index contributed by atoms with van der Waals surface area (Å²) in [7, 11) is 3.80. The molecule has 1 aromatic rings. The minimum atomic E-state index is -0.429. The number of carbonyl (C=O) groups is 1. The first-order valence-electron chi connectivity index (χ1n) is 8.28. The van der Waals surface area contributed by atoms with Gasteiger partial charge in [-0.1, -0.05) is 18.9 Å². The Balaban J connectivity index is 1.99. The first-order valence-corrected chi connectivity index (χ1v) is 8.28. The summed E-state index contributed by atoms with van der Waals surface area (Å²) in [5, 5.41) is 2.97. The predicted octanol–water partition coefficient (Wildman–Crippen LogP) is 2.41. The van der Waals surface area contributed by atoms with E-state index in [9.17, 15) is 9.18 Å². The fourth-order valence-corrected chi connectivity index (χ4v) is 3.30. The number of hydrogen-bond acceptors (Lipinski definition) is 3. The molecular formula is C18H28FN3O. The molecule has 23 heavy (non-hydrogen) atoms. The SMILES string of the molecule is CN(C)Cc1cc(CNC(=O)C2CCCCC2(C)N)ccc1F. The average Bonchev–Trinajstić information content (AvgIpc) is 2.46. The van der Waals surface area contributed by atoms with Crippen LogP contribution in [0.3, 0.4) is 0 Å². The topological polar surface area (TPSA) is 58.4 Å². The molecule has 0 bridgehead atoms. The zero-order chi connectivity index (χ0) is 17.0. The molecule has 2 atom stereocenters. The maximum absolute atomic E-state index is 13.8. The zero-order valence-corrected chi connectivity index (χ0v) is 14.4. The van der Waals surface area contributed by atoms with Crippen molar-refractivity contribution in [2.45, 2.75) is 51.2 Å². The molecule has 5 heteroatoms. The summed E-state index contributed by atoms with van der Waals surface area (Å²) in [6.07, 6.45) is 3.86. The summed E-state index contributed by atoms with van der Waals surface area (Å²) >= 11 is 0. The van der Waals surface area contributed by atoms with Crippen LogP contribution in [-0.4, -0.2) is 30.4 Å². The van der Waals surface area contributed by atoms with Gasteiger partial charge in [-0.3, -0.25) is 4.79 Å². The Bertz CT molecular complexity index is 557. The van der Waals surface area contributed by atoms with E-state index in [1.165, 1.54) is 6.07 Å². The second kappa shape index (κ2) is 7.41. The second-order valence-corrected chi connectivity index (χ2v) is 7.19. The summed E-state index contributed by atoms with van der Waals surface area (Å²) in [4.78, 5) is 14.4. The highest BCUT2D eigenvalue weighted by molar-refractivity contribution is 5.80. The van der Waals surface area contributed by atoms with Crippen molar-refractivity contribution < 1.29 is 9.18 Å². The molecule has 1 fully saturated rings. The van der Waals surface area contributed by atoms with Crippen molar-refractivity contribution in [2.24, 2.45) is 11.7 Å². The lowest BCUT2D eigenvalue weighted by Crippen LogP contribution is -2.52. The van der Waals surface area contributed by atoms with Crippen LogP contribution >= 0.6 is 0 Å². The molecule has 0 aromatic heterocycles. The number of rotatable bonds is 5. The molecule has 2 rings (SSSR count). The largest absolute Gasteiger partial charge is 0.352 e. The van der Waals surface area contributed by atoms with Crippen LogP contribution in [0.25, 0.3) is 0 Å². The van der Waals surface area contributed by atoms with Crippen molar-refractivity contribution in [1.82, 2.24) is 10.2 Å². The Morgan fingerprint density at radius 1 is 1.43 bits per heavy atom. The lowest BCUT2D eigenvalue weighted by atomic mass is 9.74. The van der Waals surface area contributed by atoms with Gasteiger partial charge in [0.15, 0.2) is 0 Å². The van der Waals surface area contributed by atoms with Gasteiger partial charge >= 0.3 is 0 Å². The predicted molar refractivity (Wildman–Crippen MR) is 90.2 cm³/mol. The van der Waals surface area contributed by atoms with Gasteiger partial charge in [0.25, 0.3) is 0 Å². The molecule has 3 N–H and O–H groups in total. The molecule has 128 valence electrons. The summed E-state index contributed by atoms with van der Waals surface area (Å²) in [5.74, 6) is -0.346. The highest BCUT2D eigenvalue weighted by atomic mass is 19.1. The minimum Gasteiger partial charge on any atom is -0.352 e. The number of nitrogens with two attached hydrogens (primary N) is 1. The van der Waals surface area contributed by atoms with E-state index < -0.39 is 5.54 Å². The van der Waals surface area contributed by atoms with Crippen LogP contribution in [0.2, 0.25) is 0 Å². The van der Waals surface area contributed by atoms with Crippen LogP contribution in [-0.2, 0) is 17.9 Å². The van der Waals surface area contributed by atoms with Crippen molar-refractivity contribution in [2.75, 3.05) is 14.1 Å². The van der Waals surface area contributed by atoms with E-state index in [0.29, 0.717) is 18.7 Å². The van der Waals surface area contributed by atoms with E-state index in [-0.39, 0.29) is 17.6 Å². The normalized spacial score (nSPS) is 24.7. The van der Waals surface area contributed by atoms with E-state index in [2.05, 4.69) is 5.32 Å². The number of carbonyl (C=O) groups excluding carboxylic acids is 1. The van der Waals surface area contributed by atoms with Crippen LogP contribution in [0, 0.1) is 11.7 Å². The molecule has 4 nitrogen and oxygen atoms in total. The summed E-state index contributed by atoms with van der Waals surface area (Å²) in [5.41, 5.74) is 7.40. The number of nitrogens with one attached hydrogen (secondary N) is 1. The Morgan fingerprint density at radius 2 is 2.17 bits per heavy atom. The van der Waals surface area contributed by atoms with Gasteiger partial charge < -0.3 is 16.0 Å². The van der Waals surface area contributed by atoms with E-state index >= 15 is 0 Å². The fourth-order valence-electron chi connectivity index (χ4n) is 3.30. The van der Waals surface area contributed by atoms with Crippen LogP contribution in [0.15, 0.2) is 18.2 Å². The van der Waals surface area contributed by atoms with Crippen LogP contribution in [0.4, 0.5) is 4.39 Å². The van der Waals surface area contributed by atoms with Gasteiger partial charge in [-0.15, -0.1) is 0 Å². The highest BCUT2D eigenvalue weighted by Gasteiger charge is 2.37. The van der Waals surface area contributed by atoms with E-state index in [1.54, 1.807) is 6.07 Å². The lowest BCUT2D eigenvalue weighted by molar-refractivity contribution is -0.128. The van der Waals surface area contributed by atoms with Crippen molar-refractivity contribution in [3.8, 4) is 0 Å². The quantitative estimate of drug-likeness (QED) is 0.875. The van der Waals surface area contributed by atoms with Crippen molar-refractivity contribution in [3.05, 3.63) is 35.1 Å². The molecule has 0 spiro atoms. The fraction of sp³-hybridized carbons (Fsp3) is 0.611. The zero-order valence-electron chi connectivity index (χ0n) is 14.4. The Hall–Kier alpha value is -1.46. The standard InChI is InChI=1S/C18H28FN3O/c1-18(20)9-5-4-6-15(18)17(23)21-11-13-7-8-16(19)14(10-13)12-22(2)3/h7-8,10,15H,4-6,9,11-12,20H2,1-3H3,(H,21,23). The smallest absolute Gasteiger partial charge is 0.225 e. The second-order valence-electron chi connectivity index (χ2n) is 7.19. The number of hydrogen-bond donors (Lipinski definition) is 2. The average molecular weight is 321 g/mol. The van der Waals surface area contributed by atoms with Gasteiger partial charge in [-0.2, -0.15) is 0 Å². The van der Waals surface area contributed by atoms with E-state index in [0.717, 1.165) is 31.2 Å². The molecule has 0 radical (unpaired) electrons. The molecular weight excluding hydrogens is 293 g/mol. The van der Waals surface area contributed by atoms with Gasteiger partial charge in [0.2, 0.25) is 5.91 Å². The third-order valence-corrected chi connectivity index (χ3v) is 4.63. The summed E-state index contributed by atoms with van der Waals surface area (Å²) < 4.78 is 13.8. The van der Waals surface area contributed by atoms with Gasteiger partial charge in [0, 0.05) is 24.2 Å². The number of nitrogens with zero attached hydrogens (tertiary/aromatic N) is 1. The lowest BCUT2D eigenvalue weighted by Gasteiger charge is -2.37. The molecule has 2 unspecified atom stereocenters. The van der Waals surface area contributed by atoms with Crippen LogP contribution < -0.4 is 11.1 Å². The Labute approximate surface area is 138 Å². The van der Waals surface area contributed by atoms with E-state index in [1.807, 2.05) is 32.0 Å². The molecule has 1 amide bonds. The van der Waals surface area contributed by atoms with Crippen molar-refractivity contribution >= 4 is 5.91 Å². The van der Waals surface area contributed by atoms with Gasteiger partial charge in [0.1, 0.15) is 5.82 Å². The Kier molecular flexibility index (Phi) is 5.76. The molecule has 1 aliphatic rings. The maximum atomic E-state index is 13.8. The third-order valence-electron chi connectivity index (χ3n) is 4.63. The molecule has 1 saturated carbocycles. The van der Waals surface area contributed by atoms with E-state index in [4.69, 9.17) is 5.73 Å². The molecule has 0 saturated heterocycles. The first kappa shape index (κ1) is 17.9. The van der Waals surface area contributed by atoms with Crippen molar-refractivity contribution in [3.63, 3.8) is 0 Å². The number of amides is 1. The number of benzene rings is 1. The molecule has 0 aliphatic heterocycles. The minimum absolute atomic E-state index is 0.00758.